The van der Waals surface area contributed by atoms with Gasteiger partial charge in [-0.3, -0.25) is 4.99 Å². The first-order chi connectivity index (χ1) is 12.3. The van der Waals surface area contributed by atoms with E-state index in [1.165, 1.54) is 82.4 Å². The minimum absolute atomic E-state index is 0. The molecule has 3 rings (SSSR count). The molecule has 0 unspecified atom stereocenters. The molecular formula is C20H39IN4S. The molecule has 0 amide bonds. The predicted octanol–water partition coefficient (Wildman–Crippen LogP) is 4.10. The van der Waals surface area contributed by atoms with Crippen LogP contribution in [0.25, 0.3) is 0 Å². The van der Waals surface area contributed by atoms with Crippen LogP contribution >= 0.6 is 35.7 Å². The second kappa shape index (κ2) is 12.7. The zero-order valence-electron chi connectivity index (χ0n) is 16.5. The number of likely N-dealkylation sites (tertiary alicyclic amines) is 1. The molecule has 0 aromatic rings. The monoisotopic (exact) mass is 494 g/mol. The Bertz CT molecular complexity index is 401. The molecule has 0 radical (unpaired) electrons. The Balaban J connectivity index is 0.00000243. The maximum atomic E-state index is 4.91. The van der Waals surface area contributed by atoms with Crippen LogP contribution in [0.2, 0.25) is 0 Å². The topological polar surface area (TPSA) is 39.7 Å². The third kappa shape index (κ3) is 7.38. The molecule has 1 aliphatic carbocycles. The standard InChI is InChI=1S/C20H38N4S.HI/c1-2-21-20(22-16-17-10-14-25-15-11-17)23-18-8-12-24(13-9-18)19-6-4-3-5-7-19;/h17-19H,2-16H2,1H3,(H2,21,22,23);1H. The molecule has 3 fully saturated rings. The molecule has 2 heterocycles. The Morgan fingerprint density at radius 1 is 1.00 bits per heavy atom. The number of guanidine groups is 1. The van der Waals surface area contributed by atoms with E-state index in [9.17, 15) is 0 Å². The van der Waals surface area contributed by atoms with Crippen molar-refractivity contribution >= 4 is 41.7 Å². The summed E-state index contributed by atoms with van der Waals surface area (Å²) in [4.78, 5) is 7.68. The van der Waals surface area contributed by atoms with Gasteiger partial charge in [-0.25, -0.2) is 0 Å². The van der Waals surface area contributed by atoms with Gasteiger partial charge in [0.15, 0.2) is 5.96 Å². The number of piperidine rings is 1. The molecule has 1 saturated carbocycles. The van der Waals surface area contributed by atoms with Crippen molar-refractivity contribution in [3.8, 4) is 0 Å². The van der Waals surface area contributed by atoms with Crippen LogP contribution in [-0.2, 0) is 0 Å². The largest absolute Gasteiger partial charge is 0.357 e. The fourth-order valence-electron chi connectivity index (χ4n) is 4.52. The molecule has 0 aromatic carbocycles. The maximum Gasteiger partial charge on any atom is 0.191 e. The van der Waals surface area contributed by atoms with Crippen molar-refractivity contribution < 1.29 is 0 Å². The summed E-state index contributed by atoms with van der Waals surface area (Å²) in [5.41, 5.74) is 0. The molecule has 2 saturated heterocycles. The molecule has 2 aliphatic heterocycles. The predicted molar refractivity (Wildman–Crippen MR) is 126 cm³/mol. The third-order valence-electron chi connectivity index (χ3n) is 6.15. The summed E-state index contributed by atoms with van der Waals surface area (Å²) in [5.74, 6) is 4.50. The zero-order valence-corrected chi connectivity index (χ0v) is 19.7. The summed E-state index contributed by atoms with van der Waals surface area (Å²) in [6, 6.07) is 1.47. The highest BCUT2D eigenvalue weighted by Crippen LogP contribution is 2.25. The Hall–Kier alpha value is 0.310. The molecule has 4 nitrogen and oxygen atoms in total. The van der Waals surface area contributed by atoms with Crippen LogP contribution in [0.5, 0.6) is 0 Å². The van der Waals surface area contributed by atoms with Gasteiger partial charge in [0.25, 0.3) is 0 Å². The van der Waals surface area contributed by atoms with Gasteiger partial charge in [0, 0.05) is 38.3 Å². The van der Waals surface area contributed by atoms with Crippen LogP contribution in [0.3, 0.4) is 0 Å². The number of nitrogens with one attached hydrogen (secondary N) is 2. The van der Waals surface area contributed by atoms with Crippen molar-refractivity contribution in [2.24, 2.45) is 10.9 Å². The number of nitrogens with zero attached hydrogens (tertiary/aromatic N) is 2. The summed E-state index contributed by atoms with van der Waals surface area (Å²) in [7, 11) is 0. The molecule has 0 atom stereocenters. The summed E-state index contributed by atoms with van der Waals surface area (Å²) < 4.78 is 0. The minimum Gasteiger partial charge on any atom is -0.357 e. The Labute approximate surface area is 182 Å². The van der Waals surface area contributed by atoms with Gasteiger partial charge in [0.1, 0.15) is 0 Å². The minimum atomic E-state index is 0. The second-order valence-electron chi connectivity index (χ2n) is 8.02. The molecule has 152 valence electrons. The van der Waals surface area contributed by atoms with E-state index in [1.807, 2.05) is 0 Å². The second-order valence-corrected chi connectivity index (χ2v) is 9.25. The quantitative estimate of drug-likeness (QED) is 0.343. The number of thioether (sulfide) groups is 1. The fraction of sp³-hybridized carbons (Fsp3) is 0.950. The average molecular weight is 495 g/mol. The summed E-state index contributed by atoms with van der Waals surface area (Å²) in [6.07, 6.45) is 12.4. The van der Waals surface area contributed by atoms with Crippen molar-refractivity contribution in [3.63, 3.8) is 0 Å². The van der Waals surface area contributed by atoms with Crippen molar-refractivity contribution in [3.05, 3.63) is 0 Å². The molecule has 2 N–H and O–H groups in total. The number of rotatable bonds is 5. The van der Waals surface area contributed by atoms with Gasteiger partial charge < -0.3 is 15.5 Å². The van der Waals surface area contributed by atoms with Crippen molar-refractivity contribution in [1.29, 1.82) is 0 Å². The summed E-state index contributed by atoms with van der Waals surface area (Å²) in [6.45, 7) is 6.65. The number of halogens is 1. The van der Waals surface area contributed by atoms with Gasteiger partial charge in [-0.15, -0.1) is 24.0 Å². The Kier molecular flexibility index (Phi) is 11.0. The number of hydrogen-bond acceptors (Lipinski definition) is 3. The first kappa shape index (κ1) is 22.6. The van der Waals surface area contributed by atoms with Crippen LogP contribution in [-0.4, -0.2) is 60.6 Å². The van der Waals surface area contributed by atoms with Crippen LogP contribution in [0.15, 0.2) is 4.99 Å². The van der Waals surface area contributed by atoms with Crippen molar-refractivity contribution in [2.45, 2.75) is 76.8 Å². The highest BCUT2D eigenvalue weighted by Gasteiger charge is 2.26. The number of hydrogen-bond donors (Lipinski definition) is 2. The lowest BCUT2D eigenvalue weighted by atomic mass is 9.92. The van der Waals surface area contributed by atoms with E-state index in [0.29, 0.717) is 6.04 Å². The maximum absolute atomic E-state index is 4.91. The van der Waals surface area contributed by atoms with Gasteiger partial charge in [0.2, 0.25) is 0 Å². The van der Waals surface area contributed by atoms with Gasteiger partial charge in [-0.1, -0.05) is 19.3 Å². The highest BCUT2D eigenvalue weighted by atomic mass is 127. The highest BCUT2D eigenvalue weighted by molar-refractivity contribution is 14.0. The Morgan fingerprint density at radius 3 is 2.35 bits per heavy atom. The van der Waals surface area contributed by atoms with Crippen LogP contribution < -0.4 is 10.6 Å². The SMILES string of the molecule is CCNC(=NCC1CCSCC1)NC1CCN(C2CCCCC2)CC1.I. The van der Waals surface area contributed by atoms with Gasteiger partial charge >= 0.3 is 0 Å². The smallest absolute Gasteiger partial charge is 0.191 e. The average Bonchev–Trinajstić information content (AvgIpc) is 2.68. The Morgan fingerprint density at radius 2 is 1.69 bits per heavy atom. The molecule has 3 aliphatic rings. The lowest BCUT2D eigenvalue weighted by molar-refractivity contribution is 0.119. The van der Waals surface area contributed by atoms with Crippen molar-refractivity contribution in [2.75, 3.05) is 37.7 Å². The lowest BCUT2D eigenvalue weighted by Gasteiger charge is -2.39. The molecule has 6 heteroatoms. The van der Waals surface area contributed by atoms with E-state index in [2.05, 4.69) is 34.2 Å². The van der Waals surface area contributed by atoms with Crippen molar-refractivity contribution in [1.82, 2.24) is 15.5 Å². The van der Waals surface area contributed by atoms with Crippen LogP contribution in [0, 0.1) is 5.92 Å². The first-order valence-electron chi connectivity index (χ1n) is 10.7. The van der Waals surface area contributed by atoms with E-state index in [4.69, 9.17) is 4.99 Å². The molecule has 0 bridgehead atoms. The third-order valence-corrected chi connectivity index (χ3v) is 7.20. The van der Waals surface area contributed by atoms with Gasteiger partial charge in [-0.05, 0) is 62.9 Å². The fourth-order valence-corrected chi connectivity index (χ4v) is 5.72. The van der Waals surface area contributed by atoms with E-state index in [1.54, 1.807) is 0 Å². The van der Waals surface area contributed by atoms with Gasteiger partial charge in [-0.2, -0.15) is 11.8 Å². The molecule has 26 heavy (non-hydrogen) atoms. The first-order valence-corrected chi connectivity index (χ1v) is 11.9. The van der Waals surface area contributed by atoms with E-state index in [-0.39, 0.29) is 24.0 Å². The molecule has 0 aromatic heterocycles. The van der Waals surface area contributed by atoms with Gasteiger partial charge in [0.05, 0.1) is 0 Å². The lowest BCUT2D eigenvalue weighted by Crippen LogP contribution is -2.51. The van der Waals surface area contributed by atoms with Crippen LogP contribution in [0.4, 0.5) is 0 Å². The normalized spacial score (nSPS) is 24.9. The van der Waals surface area contributed by atoms with E-state index >= 15 is 0 Å². The zero-order chi connectivity index (χ0) is 17.3. The number of aliphatic imine (C=N–C) groups is 1. The van der Waals surface area contributed by atoms with E-state index in [0.717, 1.165) is 31.0 Å². The molecule has 0 spiro atoms. The molecular weight excluding hydrogens is 455 g/mol. The summed E-state index contributed by atoms with van der Waals surface area (Å²) >= 11 is 2.10. The summed E-state index contributed by atoms with van der Waals surface area (Å²) in [5, 5.41) is 7.19. The van der Waals surface area contributed by atoms with E-state index < -0.39 is 0 Å². The van der Waals surface area contributed by atoms with Crippen LogP contribution in [0.1, 0.15) is 64.7 Å².